The minimum atomic E-state index is -0.991. The predicted octanol–water partition coefficient (Wildman–Crippen LogP) is 5.53. The summed E-state index contributed by atoms with van der Waals surface area (Å²) in [6, 6.07) is 22.5. The number of rotatable bonds is 8. The van der Waals surface area contributed by atoms with Gasteiger partial charge in [0.25, 0.3) is 0 Å². The standard InChI is InChI=1S/C32H36N2O4/c1-22-17-18-25-20-34(28(32(36)37)19-27(25)30(22)38-21-23-11-5-3-6-12-23)31(35)29(24-13-7-4-8-14-24)33(2)26-15-9-10-16-26/h3-8,11-14,17-18,26,28-29H,9-10,15-16,19-21H2,1-2H3,(H,36,37)/t28-,29?/m1/s1. The molecule has 1 amide bonds. The Kier molecular flexibility index (Phi) is 7.79. The lowest BCUT2D eigenvalue weighted by Crippen LogP contribution is -2.53. The monoisotopic (exact) mass is 512 g/mol. The van der Waals surface area contributed by atoms with E-state index in [4.69, 9.17) is 4.74 Å². The third-order valence-electron chi connectivity index (χ3n) is 8.12. The van der Waals surface area contributed by atoms with Crippen LogP contribution in [0.3, 0.4) is 0 Å². The molecule has 0 saturated heterocycles. The topological polar surface area (TPSA) is 70.1 Å². The van der Waals surface area contributed by atoms with Crippen molar-refractivity contribution in [3.63, 3.8) is 0 Å². The van der Waals surface area contributed by atoms with Gasteiger partial charge in [0.1, 0.15) is 24.4 Å². The molecule has 1 saturated carbocycles. The lowest BCUT2D eigenvalue weighted by atomic mass is 9.90. The molecule has 1 aliphatic heterocycles. The van der Waals surface area contributed by atoms with Crippen molar-refractivity contribution in [2.24, 2.45) is 0 Å². The summed E-state index contributed by atoms with van der Waals surface area (Å²) in [7, 11) is 2.01. The van der Waals surface area contributed by atoms with Gasteiger partial charge in [0.05, 0.1) is 0 Å². The minimum absolute atomic E-state index is 0.157. The average molecular weight is 513 g/mol. The Labute approximate surface area is 224 Å². The molecule has 2 aliphatic rings. The summed E-state index contributed by atoms with van der Waals surface area (Å²) in [5.74, 6) is -0.418. The number of amides is 1. The van der Waals surface area contributed by atoms with Crippen LogP contribution in [0.25, 0.3) is 0 Å². The van der Waals surface area contributed by atoms with Crippen LogP contribution in [0, 0.1) is 6.92 Å². The third kappa shape index (κ3) is 5.32. The first-order chi connectivity index (χ1) is 18.4. The smallest absolute Gasteiger partial charge is 0.326 e. The minimum Gasteiger partial charge on any atom is -0.488 e. The van der Waals surface area contributed by atoms with Gasteiger partial charge in [-0.05, 0) is 49.1 Å². The number of hydrogen-bond donors (Lipinski definition) is 1. The van der Waals surface area contributed by atoms with E-state index in [2.05, 4.69) is 4.90 Å². The van der Waals surface area contributed by atoms with Gasteiger partial charge in [-0.2, -0.15) is 0 Å². The van der Waals surface area contributed by atoms with Crippen LogP contribution in [0.4, 0.5) is 0 Å². The lowest BCUT2D eigenvalue weighted by molar-refractivity contribution is -0.154. The highest BCUT2D eigenvalue weighted by molar-refractivity contribution is 5.89. The number of carbonyl (C=O) groups excluding carboxylic acids is 1. The molecule has 1 N–H and O–H groups in total. The summed E-state index contributed by atoms with van der Waals surface area (Å²) < 4.78 is 6.26. The summed E-state index contributed by atoms with van der Waals surface area (Å²) in [5, 5.41) is 10.3. The van der Waals surface area contributed by atoms with Crippen LogP contribution < -0.4 is 4.74 Å². The molecule has 3 aromatic rings. The van der Waals surface area contributed by atoms with Gasteiger partial charge in [-0.1, -0.05) is 85.6 Å². The first kappa shape index (κ1) is 26.0. The largest absolute Gasteiger partial charge is 0.488 e. The highest BCUT2D eigenvalue weighted by Gasteiger charge is 2.41. The molecule has 0 aromatic heterocycles. The van der Waals surface area contributed by atoms with Crippen LogP contribution in [0.5, 0.6) is 5.75 Å². The third-order valence-corrected chi connectivity index (χ3v) is 8.12. The molecule has 5 rings (SSSR count). The van der Waals surface area contributed by atoms with E-state index in [1.165, 1.54) is 0 Å². The Morgan fingerprint density at radius 1 is 1.00 bits per heavy atom. The quantitative estimate of drug-likeness (QED) is 0.430. The molecule has 1 unspecified atom stereocenters. The molecule has 1 fully saturated rings. The van der Waals surface area contributed by atoms with Crippen LogP contribution in [0.1, 0.15) is 59.5 Å². The van der Waals surface area contributed by atoms with E-state index < -0.39 is 18.1 Å². The van der Waals surface area contributed by atoms with Crippen LogP contribution in [0.2, 0.25) is 0 Å². The van der Waals surface area contributed by atoms with Crippen molar-refractivity contribution < 1.29 is 19.4 Å². The van der Waals surface area contributed by atoms with Gasteiger partial charge < -0.3 is 14.7 Å². The number of benzene rings is 3. The lowest BCUT2D eigenvalue weighted by Gasteiger charge is -2.40. The SMILES string of the molecule is Cc1ccc2c(c1OCc1ccccc1)C[C@H](C(=O)O)N(C(=O)C(c1ccccc1)N(C)C1CCCC1)C2. The Morgan fingerprint density at radius 2 is 1.66 bits per heavy atom. The first-order valence-corrected chi connectivity index (χ1v) is 13.5. The molecule has 2 atom stereocenters. The maximum Gasteiger partial charge on any atom is 0.326 e. The molecule has 1 heterocycles. The zero-order valence-corrected chi connectivity index (χ0v) is 22.2. The van der Waals surface area contributed by atoms with Crippen molar-refractivity contribution in [2.45, 2.75) is 70.3 Å². The fourth-order valence-electron chi connectivity index (χ4n) is 6.00. The molecule has 6 heteroatoms. The number of ether oxygens (including phenoxy) is 1. The Bertz CT molecular complexity index is 1270. The van der Waals surface area contributed by atoms with Gasteiger partial charge in [-0.15, -0.1) is 0 Å². The number of nitrogens with zero attached hydrogens (tertiary/aromatic N) is 2. The number of fused-ring (bicyclic) bond motifs is 1. The Morgan fingerprint density at radius 3 is 2.32 bits per heavy atom. The summed E-state index contributed by atoms with van der Waals surface area (Å²) in [4.78, 5) is 30.6. The van der Waals surface area contributed by atoms with E-state index in [1.807, 2.05) is 86.8 Å². The highest BCUT2D eigenvalue weighted by atomic mass is 16.5. The van der Waals surface area contributed by atoms with Crippen molar-refractivity contribution >= 4 is 11.9 Å². The van der Waals surface area contributed by atoms with Crippen molar-refractivity contribution in [1.82, 2.24) is 9.80 Å². The molecule has 0 radical (unpaired) electrons. The molecule has 0 spiro atoms. The fraction of sp³-hybridized carbons (Fsp3) is 0.375. The van der Waals surface area contributed by atoms with E-state index in [0.29, 0.717) is 12.6 Å². The van der Waals surface area contributed by atoms with Gasteiger partial charge in [0, 0.05) is 24.6 Å². The number of carboxylic acid groups (broad SMARTS) is 1. The zero-order valence-electron chi connectivity index (χ0n) is 22.2. The van der Waals surface area contributed by atoms with Gasteiger partial charge in [0.15, 0.2) is 0 Å². The zero-order chi connectivity index (χ0) is 26.6. The average Bonchev–Trinajstić information content (AvgIpc) is 3.48. The predicted molar refractivity (Wildman–Crippen MR) is 147 cm³/mol. The molecule has 0 bridgehead atoms. The van der Waals surface area contributed by atoms with Gasteiger partial charge in [-0.3, -0.25) is 9.69 Å². The summed E-state index contributed by atoms with van der Waals surface area (Å²) >= 11 is 0. The normalized spacial score (nSPS) is 18.3. The van der Waals surface area contributed by atoms with Crippen LogP contribution in [0.15, 0.2) is 72.8 Å². The Balaban J connectivity index is 1.47. The molecule has 6 nitrogen and oxygen atoms in total. The second kappa shape index (κ2) is 11.4. The van der Waals surface area contributed by atoms with Crippen molar-refractivity contribution in [1.29, 1.82) is 0 Å². The molecular weight excluding hydrogens is 476 g/mol. The van der Waals surface area contributed by atoms with Gasteiger partial charge >= 0.3 is 5.97 Å². The van der Waals surface area contributed by atoms with E-state index in [0.717, 1.165) is 59.3 Å². The summed E-state index contributed by atoms with van der Waals surface area (Å²) in [5.41, 5.74) is 4.74. The van der Waals surface area contributed by atoms with Crippen molar-refractivity contribution in [3.05, 3.63) is 101 Å². The Hall–Kier alpha value is -3.64. The van der Waals surface area contributed by atoms with Crippen LogP contribution >= 0.6 is 0 Å². The number of likely N-dealkylation sites (N-methyl/N-ethyl adjacent to an activating group) is 1. The van der Waals surface area contributed by atoms with Crippen LogP contribution in [-0.4, -0.2) is 45.9 Å². The van der Waals surface area contributed by atoms with E-state index >= 15 is 0 Å². The fourth-order valence-corrected chi connectivity index (χ4v) is 6.00. The molecule has 1 aliphatic carbocycles. The summed E-state index contributed by atoms with van der Waals surface area (Å²) in [6.07, 6.45) is 4.64. The number of hydrogen-bond acceptors (Lipinski definition) is 4. The highest BCUT2D eigenvalue weighted by Crippen LogP contribution is 2.37. The molecule has 3 aromatic carbocycles. The van der Waals surface area contributed by atoms with Crippen molar-refractivity contribution in [2.75, 3.05) is 7.05 Å². The first-order valence-electron chi connectivity index (χ1n) is 13.5. The second-order valence-electron chi connectivity index (χ2n) is 10.6. The molecule has 198 valence electrons. The van der Waals surface area contributed by atoms with Gasteiger partial charge in [-0.25, -0.2) is 4.79 Å². The molecular formula is C32H36N2O4. The van der Waals surface area contributed by atoms with Gasteiger partial charge in [0.2, 0.25) is 5.91 Å². The summed E-state index contributed by atoms with van der Waals surface area (Å²) in [6.45, 7) is 2.63. The van der Waals surface area contributed by atoms with E-state index in [-0.39, 0.29) is 18.9 Å². The number of aryl methyl sites for hydroxylation is 1. The maximum absolute atomic E-state index is 14.3. The molecule has 38 heavy (non-hydrogen) atoms. The second-order valence-corrected chi connectivity index (χ2v) is 10.6. The van der Waals surface area contributed by atoms with E-state index in [1.54, 1.807) is 4.90 Å². The van der Waals surface area contributed by atoms with Crippen LogP contribution in [-0.2, 0) is 29.2 Å². The number of carbonyl (C=O) groups is 2. The maximum atomic E-state index is 14.3. The van der Waals surface area contributed by atoms with Crippen molar-refractivity contribution in [3.8, 4) is 5.75 Å². The van der Waals surface area contributed by atoms with E-state index in [9.17, 15) is 14.7 Å². The number of carboxylic acids is 1. The number of aliphatic carboxylic acids is 1.